The molecule has 6 heteroatoms. The molecule has 0 fully saturated rings. The number of benzene rings is 2. The zero-order valence-corrected chi connectivity index (χ0v) is 12.5. The molecule has 0 spiro atoms. The van der Waals surface area contributed by atoms with Crippen LogP contribution in [0.3, 0.4) is 0 Å². The van der Waals surface area contributed by atoms with Gasteiger partial charge in [-0.05, 0) is 29.0 Å². The smallest absolute Gasteiger partial charge is 0.293 e. The molecule has 0 bridgehead atoms. The van der Waals surface area contributed by atoms with Gasteiger partial charge in [0.25, 0.3) is 11.7 Å². The van der Waals surface area contributed by atoms with E-state index in [4.69, 9.17) is 17.3 Å². The third-order valence-corrected chi connectivity index (χ3v) is 3.64. The van der Waals surface area contributed by atoms with E-state index in [9.17, 15) is 9.59 Å². The molecule has 1 amide bonds. The minimum absolute atomic E-state index is 0.0266. The highest BCUT2D eigenvalue weighted by molar-refractivity contribution is 6.41. The molecule has 2 aromatic carbocycles. The molecule has 0 aliphatic carbocycles. The second-order valence-corrected chi connectivity index (χ2v) is 5.40. The molecule has 0 atom stereocenters. The Bertz CT molecular complexity index is 915. The van der Waals surface area contributed by atoms with Gasteiger partial charge in [-0.3, -0.25) is 9.59 Å². The van der Waals surface area contributed by atoms with Crippen molar-refractivity contribution in [1.82, 2.24) is 9.55 Å². The lowest BCUT2D eigenvalue weighted by atomic mass is 10.1. The predicted octanol–water partition coefficient (Wildman–Crippen LogP) is 2.56. The molecule has 22 heavy (non-hydrogen) atoms. The van der Waals surface area contributed by atoms with Gasteiger partial charge in [0.05, 0.1) is 5.69 Å². The first-order valence-corrected chi connectivity index (χ1v) is 6.90. The largest absolute Gasteiger partial charge is 0.363 e. The SMILES string of the molecule is Cn1cc(-c2ccc3cc(Cl)ccc3c2)nc1C(=O)C(N)=O. The number of primary amides is 1. The van der Waals surface area contributed by atoms with Gasteiger partial charge in [0.2, 0.25) is 0 Å². The summed E-state index contributed by atoms with van der Waals surface area (Å²) in [6.07, 6.45) is 1.69. The van der Waals surface area contributed by atoms with Crippen LogP contribution >= 0.6 is 11.6 Å². The van der Waals surface area contributed by atoms with Crippen molar-refractivity contribution in [3.8, 4) is 11.3 Å². The monoisotopic (exact) mass is 313 g/mol. The second-order valence-electron chi connectivity index (χ2n) is 4.96. The van der Waals surface area contributed by atoms with Crippen LogP contribution in [-0.4, -0.2) is 21.2 Å². The van der Waals surface area contributed by atoms with Gasteiger partial charge >= 0.3 is 0 Å². The first kappa shape index (κ1) is 14.3. The van der Waals surface area contributed by atoms with E-state index in [1.807, 2.05) is 36.4 Å². The number of rotatable bonds is 3. The molecular formula is C16H12ClN3O2. The molecule has 2 N–H and O–H groups in total. The molecule has 3 aromatic rings. The number of aromatic nitrogens is 2. The van der Waals surface area contributed by atoms with Crippen molar-refractivity contribution >= 4 is 34.1 Å². The lowest BCUT2D eigenvalue weighted by Crippen LogP contribution is -2.25. The van der Waals surface area contributed by atoms with Crippen molar-refractivity contribution in [3.05, 3.63) is 53.4 Å². The highest BCUT2D eigenvalue weighted by Crippen LogP contribution is 2.26. The summed E-state index contributed by atoms with van der Waals surface area (Å²) >= 11 is 5.97. The molecule has 0 aliphatic heterocycles. The Hall–Kier alpha value is -2.66. The number of ketones is 1. The quantitative estimate of drug-likeness (QED) is 0.596. The molecule has 1 heterocycles. The number of hydrogen-bond donors (Lipinski definition) is 1. The fourth-order valence-corrected chi connectivity index (χ4v) is 2.48. The van der Waals surface area contributed by atoms with Crippen LogP contribution in [0.15, 0.2) is 42.6 Å². The molecule has 5 nitrogen and oxygen atoms in total. The molecule has 110 valence electrons. The first-order chi connectivity index (χ1) is 10.5. The van der Waals surface area contributed by atoms with Crippen molar-refractivity contribution in [2.75, 3.05) is 0 Å². The first-order valence-electron chi connectivity index (χ1n) is 6.53. The van der Waals surface area contributed by atoms with Crippen LogP contribution in [0, 0.1) is 0 Å². The zero-order valence-electron chi connectivity index (χ0n) is 11.7. The molecular weight excluding hydrogens is 302 g/mol. The maximum Gasteiger partial charge on any atom is 0.293 e. The maximum absolute atomic E-state index is 11.7. The molecule has 0 saturated heterocycles. The number of hydrogen-bond acceptors (Lipinski definition) is 3. The number of aryl methyl sites for hydroxylation is 1. The number of imidazole rings is 1. The molecule has 0 unspecified atom stereocenters. The lowest BCUT2D eigenvalue weighted by Gasteiger charge is -2.01. The van der Waals surface area contributed by atoms with E-state index in [0.717, 1.165) is 16.3 Å². The van der Waals surface area contributed by atoms with Crippen molar-refractivity contribution < 1.29 is 9.59 Å². The molecule has 0 saturated carbocycles. The summed E-state index contributed by atoms with van der Waals surface area (Å²) in [6.45, 7) is 0. The van der Waals surface area contributed by atoms with E-state index in [0.29, 0.717) is 10.7 Å². The number of Topliss-reactive ketones (excluding diaryl/α,β-unsaturated/α-hetero) is 1. The number of nitrogens with two attached hydrogens (primary N) is 1. The Morgan fingerprint density at radius 1 is 1.14 bits per heavy atom. The topological polar surface area (TPSA) is 78.0 Å². The third kappa shape index (κ3) is 2.46. The molecule has 1 aromatic heterocycles. The van der Waals surface area contributed by atoms with Crippen molar-refractivity contribution in [2.24, 2.45) is 12.8 Å². The van der Waals surface area contributed by atoms with Gasteiger partial charge in [0.1, 0.15) is 0 Å². The Morgan fingerprint density at radius 2 is 1.82 bits per heavy atom. The van der Waals surface area contributed by atoms with Crippen LogP contribution in [0.4, 0.5) is 0 Å². The van der Waals surface area contributed by atoms with Crippen LogP contribution in [-0.2, 0) is 11.8 Å². The number of fused-ring (bicyclic) bond motifs is 1. The lowest BCUT2D eigenvalue weighted by molar-refractivity contribution is -0.114. The van der Waals surface area contributed by atoms with Crippen LogP contribution in [0.1, 0.15) is 10.6 Å². The Morgan fingerprint density at radius 3 is 2.55 bits per heavy atom. The van der Waals surface area contributed by atoms with Crippen LogP contribution in [0.25, 0.3) is 22.0 Å². The highest BCUT2D eigenvalue weighted by atomic mass is 35.5. The van der Waals surface area contributed by atoms with E-state index in [2.05, 4.69) is 4.98 Å². The fourth-order valence-electron chi connectivity index (χ4n) is 2.30. The number of halogens is 1. The number of carbonyl (C=O) groups is 2. The van der Waals surface area contributed by atoms with Gasteiger partial charge in [0, 0.05) is 23.8 Å². The standard InChI is InChI=1S/C16H12ClN3O2/c1-20-8-13(19-16(20)14(21)15(18)22)11-3-2-10-7-12(17)5-4-9(10)6-11/h2-8H,1H3,(H2,18,22). The van der Waals surface area contributed by atoms with Gasteiger partial charge < -0.3 is 10.3 Å². The van der Waals surface area contributed by atoms with Crippen LogP contribution < -0.4 is 5.73 Å². The summed E-state index contributed by atoms with van der Waals surface area (Å²) in [4.78, 5) is 26.9. The van der Waals surface area contributed by atoms with Gasteiger partial charge in [-0.15, -0.1) is 0 Å². The van der Waals surface area contributed by atoms with Crippen molar-refractivity contribution in [3.63, 3.8) is 0 Å². The van der Waals surface area contributed by atoms with E-state index in [-0.39, 0.29) is 5.82 Å². The van der Waals surface area contributed by atoms with Crippen molar-refractivity contribution in [1.29, 1.82) is 0 Å². The van der Waals surface area contributed by atoms with E-state index >= 15 is 0 Å². The molecule has 0 aliphatic rings. The average Bonchev–Trinajstić information content (AvgIpc) is 2.87. The minimum Gasteiger partial charge on any atom is -0.363 e. The minimum atomic E-state index is -1.02. The van der Waals surface area contributed by atoms with E-state index in [1.54, 1.807) is 13.2 Å². The van der Waals surface area contributed by atoms with Gasteiger partial charge in [-0.25, -0.2) is 4.98 Å². The summed E-state index contributed by atoms with van der Waals surface area (Å²) < 4.78 is 1.49. The van der Waals surface area contributed by atoms with Crippen molar-refractivity contribution in [2.45, 2.75) is 0 Å². The van der Waals surface area contributed by atoms with Crippen LogP contribution in [0.5, 0.6) is 0 Å². The zero-order chi connectivity index (χ0) is 15.9. The van der Waals surface area contributed by atoms with E-state index in [1.165, 1.54) is 4.57 Å². The summed E-state index contributed by atoms with van der Waals surface area (Å²) in [7, 11) is 1.65. The predicted molar refractivity (Wildman–Crippen MR) is 84.7 cm³/mol. The second kappa shape index (κ2) is 5.27. The summed E-state index contributed by atoms with van der Waals surface area (Å²) in [6, 6.07) is 11.4. The Kier molecular flexibility index (Phi) is 3.42. The highest BCUT2D eigenvalue weighted by Gasteiger charge is 2.19. The third-order valence-electron chi connectivity index (χ3n) is 3.40. The Balaban J connectivity index is 2.08. The summed E-state index contributed by atoms with van der Waals surface area (Å²) in [5, 5.41) is 2.70. The van der Waals surface area contributed by atoms with Gasteiger partial charge in [-0.1, -0.05) is 29.8 Å². The maximum atomic E-state index is 11.7. The van der Waals surface area contributed by atoms with Gasteiger partial charge in [0.15, 0.2) is 5.82 Å². The molecule has 0 radical (unpaired) electrons. The van der Waals surface area contributed by atoms with Gasteiger partial charge in [-0.2, -0.15) is 0 Å². The normalized spacial score (nSPS) is 10.8. The number of carbonyl (C=O) groups excluding carboxylic acids is 2. The Labute approximate surface area is 131 Å². The number of amides is 1. The van der Waals surface area contributed by atoms with E-state index < -0.39 is 11.7 Å². The summed E-state index contributed by atoms with van der Waals surface area (Å²) in [5.74, 6) is -1.80. The number of nitrogens with zero attached hydrogens (tertiary/aromatic N) is 2. The van der Waals surface area contributed by atoms with Crippen LogP contribution in [0.2, 0.25) is 5.02 Å². The average molecular weight is 314 g/mol. The summed E-state index contributed by atoms with van der Waals surface area (Å²) in [5.41, 5.74) is 6.46. The fraction of sp³-hybridized carbons (Fsp3) is 0.0625. The molecule has 3 rings (SSSR count).